The monoisotopic (exact) mass is 440 g/mol. The predicted molar refractivity (Wildman–Crippen MR) is 129 cm³/mol. The van der Waals surface area contributed by atoms with Crippen molar-refractivity contribution in [1.82, 2.24) is 15.3 Å². The second-order valence-electron chi connectivity index (χ2n) is 9.26. The minimum atomic E-state index is -0.613. The molecule has 2 aliphatic rings. The summed E-state index contributed by atoms with van der Waals surface area (Å²) >= 11 is 0. The maximum absolute atomic E-state index is 12.4. The number of amides is 1. The molecule has 7 heteroatoms. The van der Waals surface area contributed by atoms with E-state index in [0.717, 1.165) is 77.9 Å². The zero-order chi connectivity index (χ0) is 22.8. The van der Waals surface area contributed by atoms with Crippen molar-refractivity contribution in [2.75, 3.05) is 50.7 Å². The maximum Gasteiger partial charge on any atom is 0.239 e. The Kier molecular flexibility index (Phi) is 9.34. The molecule has 0 radical (unpaired) electrons. The van der Waals surface area contributed by atoms with Crippen LogP contribution in [-0.4, -0.2) is 67.2 Å². The summed E-state index contributed by atoms with van der Waals surface area (Å²) in [4.78, 5) is 17.2. The molecule has 3 rings (SSSR count). The van der Waals surface area contributed by atoms with Gasteiger partial charge < -0.3 is 15.5 Å². The number of likely N-dealkylation sites (tertiary alicyclic amines) is 1. The van der Waals surface area contributed by atoms with Gasteiger partial charge >= 0.3 is 0 Å². The molecular weight excluding hydrogens is 400 g/mol. The molecule has 0 aromatic heterocycles. The van der Waals surface area contributed by atoms with Gasteiger partial charge in [-0.25, -0.2) is 10.4 Å². The number of rotatable bonds is 11. The Labute approximate surface area is 193 Å². The van der Waals surface area contributed by atoms with Crippen LogP contribution in [0.3, 0.4) is 0 Å². The second kappa shape index (κ2) is 12.2. The molecule has 1 aromatic carbocycles. The fourth-order valence-electron chi connectivity index (χ4n) is 4.74. The summed E-state index contributed by atoms with van der Waals surface area (Å²) in [5.74, 6) is -0.222. The third-order valence-corrected chi connectivity index (χ3v) is 6.97. The number of piperidine rings is 1. The third-order valence-electron chi connectivity index (χ3n) is 6.97. The first-order valence-electron chi connectivity index (χ1n) is 12.3. The SMILES string of the molecule is CCCCN1CCC(NN2CCN(c3ccc(CCCCC#N)cc3)CC2)(C(N)=O)CC1. The van der Waals surface area contributed by atoms with E-state index < -0.39 is 5.54 Å². The second-order valence-corrected chi connectivity index (χ2v) is 9.26. The number of aryl methyl sites for hydroxylation is 1. The number of carbonyl (C=O) groups is 1. The lowest BCUT2D eigenvalue weighted by atomic mass is 9.87. The van der Waals surface area contributed by atoms with E-state index in [1.54, 1.807) is 0 Å². The molecule has 0 saturated carbocycles. The van der Waals surface area contributed by atoms with E-state index in [-0.39, 0.29) is 5.91 Å². The molecule has 2 aliphatic heterocycles. The van der Waals surface area contributed by atoms with Crippen molar-refractivity contribution in [3.63, 3.8) is 0 Å². The molecule has 2 heterocycles. The van der Waals surface area contributed by atoms with Crippen LogP contribution in [0.4, 0.5) is 5.69 Å². The van der Waals surface area contributed by atoms with Crippen molar-refractivity contribution < 1.29 is 4.79 Å². The van der Waals surface area contributed by atoms with E-state index in [4.69, 9.17) is 11.0 Å². The quantitative estimate of drug-likeness (QED) is 0.514. The number of nitriles is 1. The molecule has 2 saturated heterocycles. The number of unbranched alkanes of at least 4 members (excludes halogenated alkanes) is 3. The highest BCUT2D eigenvalue weighted by Crippen LogP contribution is 2.24. The first kappa shape index (κ1) is 24.5. The highest BCUT2D eigenvalue weighted by atomic mass is 16.1. The van der Waals surface area contributed by atoms with E-state index in [1.165, 1.54) is 24.1 Å². The van der Waals surface area contributed by atoms with E-state index >= 15 is 0 Å². The van der Waals surface area contributed by atoms with Crippen LogP contribution in [0, 0.1) is 11.3 Å². The predicted octanol–water partition coefficient (Wildman–Crippen LogP) is 2.67. The van der Waals surface area contributed by atoms with E-state index in [1.807, 2.05) is 0 Å². The largest absolute Gasteiger partial charge is 0.369 e. The summed E-state index contributed by atoms with van der Waals surface area (Å²) in [6.07, 6.45) is 7.68. The van der Waals surface area contributed by atoms with Crippen LogP contribution in [0.1, 0.15) is 57.4 Å². The summed E-state index contributed by atoms with van der Waals surface area (Å²) in [6, 6.07) is 11.0. The number of primary amides is 1. The Balaban J connectivity index is 1.46. The van der Waals surface area contributed by atoms with Crippen LogP contribution in [0.15, 0.2) is 24.3 Å². The van der Waals surface area contributed by atoms with Crippen LogP contribution in [0.5, 0.6) is 0 Å². The Morgan fingerprint density at radius 2 is 1.75 bits per heavy atom. The highest BCUT2D eigenvalue weighted by molar-refractivity contribution is 5.84. The van der Waals surface area contributed by atoms with Crippen molar-refractivity contribution >= 4 is 11.6 Å². The Morgan fingerprint density at radius 3 is 2.34 bits per heavy atom. The lowest BCUT2D eigenvalue weighted by Crippen LogP contribution is -2.67. The van der Waals surface area contributed by atoms with Crippen LogP contribution in [0.2, 0.25) is 0 Å². The van der Waals surface area contributed by atoms with Gasteiger partial charge in [0.25, 0.3) is 0 Å². The number of nitrogens with one attached hydrogen (secondary N) is 1. The Bertz CT molecular complexity index is 743. The van der Waals surface area contributed by atoms with Crippen molar-refractivity contribution in [2.24, 2.45) is 5.73 Å². The smallest absolute Gasteiger partial charge is 0.239 e. The summed E-state index contributed by atoms with van der Waals surface area (Å²) in [6.45, 7) is 8.76. The van der Waals surface area contributed by atoms with Gasteiger partial charge in [0.2, 0.25) is 5.91 Å². The number of nitrogens with zero attached hydrogens (tertiary/aromatic N) is 4. The normalized spacial score (nSPS) is 19.6. The lowest BCUT2D eigenvalue weighted by molar-refractivity contribution is -0.129. The molecule has 3 N–H and O–H groups in total. The standard InChI is InChI=1S/C25H40N6O/c1-2-3-15-29-16-12-25(13-17-29,24(27)32)28-31-20-18-30(19-21-31)23-10-8-22(9-11-23)7-5-4-6-14-26/h8-11,28H,2-7,12-13,15-21H2,1H3,(H2,27,32). The summed E-state index contributed by atoms with van der Waals surface area (Å²) in [5, 5.41) is 10.8. The molecule has 0 aliphatic carbocycles. The van der Waals surface area contributed by atoms with Gasteiger partial charge in [-0.3, -0.25) is 4.79 Å². The molecule has 0 spiro atoms. The van der Waals surface area contributed by atoms with Gasteiger partial charge in [-0.2, -0.15) is 5.26 Å². The molecule has 176 valence electrons. The van der Waals surface area contributed by atoms with Gasteiger partial charge in [0.15, 0.2) is 0 Å². The van der Waals surface area contributed by atoms with Crippen LogP contribution in [-0.2, 0) is 11.2 Å². The fourth-order valence-corrected chi connectivity index (χ4v) is 4.74. The zero-order valence-electron chi connectivity index (χ0n) is 19.7. The van der Waals surface area contributed by atoms with Gasteiger partial charge in [-0.05, 0) is 62.8 Å². The number of nitrogens with two attached hydrogens (primary N) is 1. The molecule has 7 nitrogen and oxygen atoms in total. The van der Waals surface area contributed by atoms with Crippen molar-refractivity contribution in [3.05, 3.63) is 29.8 Å². The van der Waals surface area contributed by atoms with E-state index in [0.29, 0.717) is 6.42 Å². The van der Waals surface area contributed by atoms with Gasteiger partial charge in [-0.15, -0.1) is 0 Å². The van der Waals surface area contributed by atoms with Gasteiger partial charge in [0.1, 0.15) is 5.54 Å². The molecule has 32 heavy (non-hydrogen) atoms. The Hall–Kier alpha value is -2.14. The number of benzene rings is 1. The fraction of sp³-hybridized carbons (Fsp3) is 0.680. The number of hydrogen-bond acceptors (Lipinski definition) is 6. The lowest BCUT2D eigenvalue weighted by Gasteiger charge is -2.45. The summed E-state index contributed by atoms with van der Waals surface area (Å²) in [7, 11) is 0. The van der Waals surface area contributed by atoms with Gasteiger partial charge in [0, 0.05) is 51.4 Å². The number of hydrazine groups is 1. The Morgan fingerprint density at radius 1 is 1.06 bits per heavy atom. The molecule has 0 bridgehead atoms. The number of hydrogen-bond donors (Lipinski definition) is 2. The molecule has 0 unspecified atom stereocenters. The minimum absolute atomic E-state index is 0.222. The minimum Gasteiger partial charge on any atom is -0.369 e. The highest BCUT2D eigenvalue weighted by Gasteiger charge is 2.41. The van der Waals surface area contributed by atoms with Gasteiger partial charge in [0.05, 0.1) is 6.07 Å². The third kappa shape index (κ3) is 6.68. The number of piperazine rings is 1. The maximum atomic E-state index is 12.4. The molecule has 1 aromatic rings. The van der Waals surface area contributed by atoms with Crippen LogP contribution in [0.25, 0.3) is 0 Å². The first-order valence-corrected chi connectivity index (χ1v) is 12.3. The van der Waals surface area contributed by atoms with Crippen molar-refractivity contribution in [2.45, 2.75) is 63.8 Å². The van der Waals surface area contributed by atoms with E-state index in [2.05, 4.69) is 57.5 Å². The molecule has 0 atom stereocenters. The summed E-state index contributed by atoms with van der Waals surface area (Å²) in [5.41, 5.74) is 11.4. The van der Waals surface area contributed by atoms with E-state index in [9.17, 15) is 4.79 Å². The molecule has 1 amide bonds. The average Bonchev–Trinajstić information content (AvgIpc) is 2.82. The van der Waals surface area contributed by atoms with Crippen LogP contribution < -0.4 is 16.1 Å². The van der Waals surface area contributed by atoms with Gasteiger partial charge in [-0.1, -0.05) is 25.5 Å². The number of carbonyl (C=O) groups excluding carboxylic acids is 1. The summed E-state index contributed by atoms with van der Waals surface area (Å²) < 4.78 is 0. The van der Waals surface area contributed by atoms with Crippen molar-refractivity contribution in [3.8, 4) is 6.07 Å². The molecule has 2 fully saturated rings. The first-order chi connectivity index (χ1) is 15.6. The van der Waals surface area contributed by atoms with Crippen LogP contribution >= 0.6 is 0 Å². The topological polar surface area (TPSA) is 88.6 Å². The average molecular weight is 441 g/mol. The molecular formula is C25H40N6O. The number of anilines is 1. The zero-order valence-corrected chi connectivity index (χ0v) is 19.7. The van der Waals surface area contributed by atoms with Crippen molar-refractivity contribution in [1.29, 1.82) is 5.26 Å².